The van der Waals surface area contributed by atoms with Crippen LogP contribution >= 0.6 is 23.7 Å². The van der Waals surface area contributed by atoms with Crippen molar-refractivity contribution in [3.05, 3.63) is 58.7 Å². The van der Waals surface area contributed by atoms with Gasteiger partial charge in [-0.05, 0) is 29.5 Å². The Balaban J connectivity index is 0.00000210. The Morgan fingerprint density at radius 1 is 1.19 bits per heavy atom. The molecule has 2 heterocycles. The number of amidine groups is 1. The summed E-state index contributed by atoms with van der Waals surface area (Å²) in [5, 5.41) is 2.01. The molecule has 3 aromatic rings. The van der Waals surface area contributed by atoms with Crippen LogP contribution in [0.4, 0.5) is 5.69 Å². The third-order valence-corrected chi connectivity index (χ3v) is 5.91. The summed E-state index contributed by atoms with van der Waals surface area (Å²) in [6.45, 7) is 0. The first-order chi connectivity index (χ1) is 12.8. The Kier molecular flexibility index (Phi) is 6.69. The van der Waals surface area contributed by atoms with Crippen molar-refractivity contribution in [2.45, 2.75) is 38.5 Å². The molecule has 0 radical (unpaired) electrons. The molecule has 2 aromatic heterocycles. The van der Waals surface area contributed by atoms with Crippen molar-refractivity contribution in [1.82, 2.24) is 9.97 Å². The monoisotopic (exact) mass is 400 g/mol. The Hall–Kier alpha value is -2.11. The molecule has 4 nitrogen and oxygen atoms in total. The van der Waals surface area contributed by atoms with E-state index in [2.05, 4.69) is 27.1 Å². The quantitative estimate of drug-likeness (QED) is 0.424. The van der Waals surface area contributed by atoms with Gasteiger partial charge in [0.05, 0.1) is 22.5 Å². The predicted octanol–water partition coefficient (Wildman–Crippen LogP) is 5.72. The van der Waals surface area contributed by atoms with E-state index in [0.29, 0.717) is 5.84 Å². The highest BCUT2D eigenvalue weighted by molar-refractivity contribution is 7.12. The lowest BCUT2D eigenvalue weighted by molar-refractivity contribution is 0.352. The maximum Gasteiger partial charge on any atom is 0.141 e. The highest BCUT2D eigenvalue weighted by Crippen LogP contribution is 2.28. The zero-order chi connectivity index (χ0) is 17.8. The topological polar surface area (TPSA) is 67.1 Å². The van der Waals surface area contributed by atoms with Crippen molar-refractivity contribution in [1.29, 1.82) is 0 Å². The number of benzene rings is 1. The molecule has 1 fully saturated rings. The van der Waals surface area contributed by atoms with E-state index in [9.17, 15) is 0 Å². The van der Waals surface area contributed by atoms with E-state index in [-0.39, 0.29) is 12.4 Å². The fraction of sp³-hybridized carbons (Fsp3) is 0.333. The summed E-state index contributed by atoms with van der Waals surface area (Å²) in [6, 6.07) is 12.1. The molecule has 3 N–H and O–H groups in total. The molecule has 1 aromatic carbocycles. The van der Waals surface area contributed by atoms with Crippen molar-refractivity contribution in [2.24, 2.45) is 16.6 Å². The summed E-state index contributed by atoms with van der Waals surface area (Å²) in [5.74, 6) is 2.43. The Labute approximate surface area is 170 Å². The lowest BCUT2D eigenvalue weighted by atomic mass is 9.87. The average molecular weight is 401 g/mol. The zero-order valence-electron chi connectivity index (χ0n) is 15.2. The number of hydrogen-bond acceptors (Lipinski definition) is 3. The fourth-order valence-electron chi connectivity index (χ4n) is 3.64. The SMILES string of the molecule is Cl.NC(=Nc1cccc(-c2cnc(CC3CCCCC3)[nH]2)c1)c1cccs1. The van der Waals surface area contributed by atoms with Gasteiger partial charge in [0.25, 0.3) is 0 Å². The van der Waals surface area contributed by atoms with Crippen LogP contribution in [0.1, 0.15) is 42.8 Å². The molecule has 4 rings (SSSR count). The molecule has 0 aliphatic heterocycles. The Bertz CT molecular complexity index is 879. The number of hydrogen-bond donors (Lipinski definition) is 2. The lowest BCUT2D eigenvalue weighted by Crippen LogP contribution is -2.10. The van der Waals surface area contributed by atoms with E-state index < -0.39 is 0 Å². The second kappa shape index (κ2) is 9.20. The fourth-order valence-corrected chi connectivity index (χ4v) is 4.27. The highest BCUT2D eigenvalue weighted by Gasteiger charge is 2.15. The number of aromatic nitrogens is 2. The van der Waals surface area contributed by atoms with Crippen LogP contribution in [-0.2, 0) is 6.42 Å². The van der Waals surface area contributed by atoms with Gasteiger partial charge >= 0.3 is 0 Å². The standard InChI is InChI=1S/C21H24N4S.ClH/c22-21(19-10-5-11-26-19)24-17-9-4-8-16(13-17)18-14-23-20(25-18)12-15-6-2-1-3-7-15;/h4-5,8-11,13-15H,1-3,6-7,12H2,(H2,22,24)(H,23,25);1H. The van der Waals surface area contributed by atoms with Crippen LogP contribution in [0.3, 0.4) is 0 Å². The molecule has 0 saturated heterocycles. The second-order valence-electron chi connectivity index (χ2n) is 6.98. The molecule has 0 spiro atoms. The molecule has 0 amide bonds. The number of nitrogens with one attached hydrogen (secondary N) is 1. The third-order valence-electron chi connectivity index (χ3n) is 5.02. The number of aliphatic imine (C=N–C) groups is 1. The molecule has 6 heteroatoms. The molecular weight excluding hydrogens is 376 g/mol. The number of H-pyrrole nitrogens is 1. The lowest BCUT2D eigenvalue weighted by Gasteiger charge is -2.20. The first-order valence-corrected chi connectivity index (χ1v) is 10.2. The third kappa shape index (κ3) is 4.99. The van der Waals surface area contributed by atoms with Crippen LogP contribution < -0.4 is 5.73 Å². The van der Waals surface area contributed by atoms with Crippen molar-refractivity contribution in [2.75, 3.05) is 0 Å². The van der Waals surface area contributed by atoms with Gasteiger partial charge in [-0.15, -0.1) is 23.7 Å². The Morgan fingerprint density at radius 2 is 2.04 bits per heavy atom. The van der Waals surface area contributed by atoms with Gasteiger partial charge in [-0.2, -0.15) is 0 Å². The number of imidazole rings is 1. The summed E-state index contributed by atoms with van der Waals surface area (Å²) in [4.78, 5) is 13.7. The summed E-state index contributed by atoms with van der Waals surface area (Å²) < 4.78 is 0. The summed E-state index contributed by atoms with van der Waals surface area (Å²) >= 11 is 1.60. The number of nitrogens with zero attached hydrogens (tertiary/aromatic N) is 2. The largest absolute Gasteiger partial charge is 0.383 e. The highest BCUT2D eigenvalue weighted by atomic mass is 35.5. The van der Waals surface area contributed by atoms with Gasteiger partial charge in [0.2, 0.25) is 0 Å². The van der Waals surface area contributed by atoms with E-state index in [0.717, 1.165) is 40.0 Å². The van der Waals surface area contributed by atoms with E-state index in [1.165, 1.54) is 32.1 Å². The van der Waals surface area contributed by atoms with Crippen LogP contribution in [0.15, 0.2) is 53.0 Å². The minimum Gasteiger partial charge on any atom is -0.383 e. The second-order valence-corrected chi connectivity index (χ2v) is 7.92. The number of halogens is 1. The van der Waals surface area contributed by atoms with Gasteiger partial charge in [-0.25, -0.2) is 9.98 Å². The predicted molar refractivity (Wildman–Crippen MR) is 116 cm³/mol. The Morgan fingerprint density at radius 3 is 2.81 bits per heavy atom. The number of nitrogens with two attached hydrogens (primary N) is 1. The summed E-state index contributed by atoms with van der Waals surface area (Å²) in [7, 11) is 0. The van der Waals surface area contributed by atoms with Crippen LogP contribution in [-0.4, -0.2) is 15.8 Å². The molecule has 1 saturated carbocycles. The average Bonchev–Trinajstić information content (AvgIpc) is 3.35. The molecule has 142 valence electrons. The van der Waals surface area contributed by atoms with Gasteiger partial charge < -0.3 is 10.7 Å². The van der Waals surface area contributed by atoms with Crippen LogP contribution in [0.5, 0.6) is 0 Å². The van der Waals surface area contributed by atoms with E-state index in [1.807, 2.05) is 35.8 Å². The number of rotatable bonds is 5. The van der Waals surface area contributed by atoms with Gasteiger partial charge in [0.1, 0.15) is 11.7 Å². The van der Waals surface area contributed by atoms with Crippen molar-refractivity contribution in [3.63, 3.8) is 0 Å². The van der Waals surface area contributed by atoms with E-state index >= 15 is 0 Å². The number of aromatic amines is 1. The molecule has 1 aliphatic carbocycles. The summed E-state index contributed by atoms with van der Waals surface area (Å²) in [6.07, 6.45) is 9.78. The normalized spacial score (nSPS) is 15.5. The van der Waals surface area contributed by atoms with Crippen LogP contribution in [0.25, 0.3) is 11.3 Å². The molecule has 0 unspecified atom stereocenters. The van der Waals surface area contributed by atoms with Gasteiger partial charge in [-0.1, -0.05) is 50.3 Å². The van der Waals surface area contributed by atoms with Crippen molar-refractivity contribution >= 4 is 35.3 Å². The smallest absolute Gasteiger partial charge is 0.141 e. The molecule has 0 atom stereocenters. The zero-order valence-corrected chi connectivity index (χ0v) is 16.9. The van der Waals surface area contributed by atoms with Gasteiger partial charge in [0, 0.05) is 12.0 Å². The van der Waals surface area contributed by atoms with Gasteiger partial charge in [-0.3, -0.25) is 0 Å². The molecule has 27 heavy (non-hydrogen) atoms. The van der Waals surface area contributed by atoms with Crippen LogP contribution in [0, 0.1) is 5.92 Å². The molecular formula is C21H25ClN4S. The molecule has 1 aliphatic rings. The summed E-state index contributed by atoms with van der Waals surface area (Å²) in [5.41, 5.74) is 9.10. The van der Waals surface area contributed by atoms with Crippen molar-refractivity contribution < 1.29 is 0 Å². The van der Waals surface area contributed by atoms with Crippen molar-refractivity contribution in [3.8, 4) is 11.3 Å². The maximum atomic E-state index is 6.11. The molecule has 0 bridgehead atoms. The van der Waals surface area contributed by atoms with Gasteiger partial charge in [0.15, 0.2) is 0 Å². The first kappa shape index (κ1) is 19.6. The van der Waals surface area contributed by atoms with E-state index in [4.69, 9.17) is 5.73 Å². The van der Waals surface area contributed by atoms with E-state index in [1.54, 1.807) is 11.3 Å². The minimum absolute atomic E-state index is 0. The number of thiophene rings is 1. The van der Waals surface area contributed by atoms with Crippen LogP contribution in [0.2, 0.25) is 0 Å². The maximum absolute atomic E-state index is 6.11. The first-order valence-electron chi connectivity index (χ1n) is 9.30. The minimum atomic E-state index is 0.